The summed E-state index contributed by atoms with van der Waals surface area (Å²) in [5.74, 6) is -1.60. The smallest absolute Gasteiger partial charge is 0.315 e. The van der Waals surface area contributed by atoms with E-state index in [0.717, 1.165) is 12.1 Å². The van der Waals surface area contributed by atoms with Crippen molar-refractivity contribution in [3.8, 4) is 5.75 Å². The normalized spacial score (nSPS) is 14.8. The lowest BCUT2D eigenvalue weighted by Crippen LogP contribution is -2.48. The van der Waals surface area contributed by atoms with Crippen molar-refractivity contribution in [1.82, 2.24) is 10.6 Å². The molecule has 1 aromatic rings. The average Bonchev–Trinajstić information content (AvgIpc) is 2.45. The zero-order valence-electron chi connectivity index (χ0n) is 12.9. The number of hydrogen-bond acceptors (Lipinski definition) is 3. The summed E-state index contributed by atoms with van der Waals surface area (Å²) >= 11 is 0. The molecule has 0 radical (unpaired) electrons. The van der Waals surface area contributed by atoms with Gasteiger partial charge < -0.3 is 20.5 Å². The third kappa shape index (κ3) is 5.85. The van der Waals surface area contributed by atoms with E-state index in [1.807, 2.05) is 6.92 Å². The molecule has 0 fully saturated rings. The molecule has 0 bridgehead atoms. The summed E-state index contributed by atoms with van der Waals surface area (Å²) in [6.07, 6.45) is 0. The Kier molecular flexibility index (Phi) is 7.04. The van der Waals surface area contributed by atoms with Crippen LogP contribution in [0.2, 0.25) is 0 Å². The number of carbonyl (C=O) groups is 1. The Labute approximate surface area is 128 Å². The van der Waals surface area contributed by atoms with E-state index in [1.165, 1.54) is 6.07 Å². The van der Waals surface area contributed by atoms with Crippen LogP contribution in [-0.2, 0) is 0 Å². The Morgan fingerprint density at radius 1 is 1.27 bits per heavy atom. The molecule has 2 amide bonds. The quantitative estimate of drug-likeness (QED) is 0.721. The molecule has 3 atom stereocenters. The fourth-order valence-electron chi connectivity index (χ4n) is 1.62. The lowest BCUT2D eigenvalue weighted by molar-refractivity contribution is 0.195. The number of aliphatic hydroxyl groups excluding tert-OH is 1. The molecular formula is C15H22F2N2O3. The monoisotopic (exact) mass is 316 g/mol. The van der Waals surface area contributed by atoms with E-state index < -0.39 is 17.7 Å². The van der Waals surface area contributed by atoms with Gasteiger partial charge in [0.2, 0.25) is 0 Å². The van der Waals surface area contributed by atoms with Crippen molar-refractivity contribution in [2.45, 2.75) is 32.9 Å². The van der Waals surface area contributed by atoms with Crippen LogP contribution < -0.4 is 15.4 Å². The number of nitrogens with one attached hydrogen (secondary N) is 2. The number of carbonyl (C=O) groups excluding carboxylic acids is 1. The van der Waals surface area contributed by atoms with Gasteiger partial charge >= 0.3 is 6.03 Å². The number of rotatable bonds is 7. The highest BCUT2D eigenvalue weighted by Gasteiger charge is 2.15. The van der Waals surface area contributed by atoms with Crippen molar-refractivity contribution in [2.75, 3.05) is 13.2 Å². The van der Waals surface area contributed by atoms with E-state index in [-0.39, 0.29) is 37.0 Å². The fourth-order valence-corrected chi connectivity index (χ4v) is 1.62. The molecular weight excluding hydrogens is 294 g/mol. The van der Waals surface area contributed by atoms with E-state index in [0.29, 0.717) is 0 Å². The zero-order chi connectivity index (χ0) is 16.7. The van der Waals surface area contributed by atoms with Gasteiger partial charge in [0.15, 0.2) is 11.6 Å². The van der Waals surface area contributed by atoms with Gasteiger partial charge in [0, 0.05) is 18.7 Å². The molecule has 0 aromatic heterocycles. The second kappa shape index (κ2) is 8.53. The predicted octanol–water partition coefficient (Wildman–Crippen LogP) is 2.05. The molecule has 0 heterocycles. The SMILES string of the molecule is CC(COc1ccc(F)cc1F)NC(=O)NC(C)C(C)CO. The highest BCUT2D eigenvalue weighted by atomic mass is 19.1. The van der Waals surface area contributed by atoms with Gasteiger partial charge in [-0.2, -0.15) is 0 Å². The number of halogens is 2. The standard InChI is InChI=1S/C15H22F2N2O3/c1-9(7-20)11(3)19-15(21)18-10(2)8-22-14-5-4-12(16)6-13(14)17/h4-6,9-11,20H,7-8H2,1-3H3,(H2,18,19,21). The summed E-state index contributed by atoms with van der Waals surface area (Å²) in [5, 5.41) is 14.3. The van der Waals surface area contributed by atoms with E-state index in [1.54, 1.807) is 13.8 Å². The van der Waals surface area contributed by atoms with Gasteiger partial charge in [0.05, 0.1) is 6.04 Å². The summed E-state index contributed by atoms with van der Waals surface area (Å²) in [7, 11) is 0. The third-order valence-electron chi connectivity index (χ3n) is 3.26. The van der Waals surface area contributed by atoms with Gasteiger partial charge in [-0.3, -0.25) is 0 Å². The van der Waals surface area contributed by atoms with Crippen LogP contribution in [0, 0.1) is 17.6 Å². The number of aliphatic hydroxyl groups is 1. The minimum absolute atomic E-state index is 0.0239. The van der Waals surface area contributed by atoms with Crippen LogP contribution >= 0.6 is 0 Å². The number of benzene rings is 1. The summed E-state index contributed by atoms with van der Waals surface area (Å²) in [4.78, 5) is 11.7. The Bertz CT molecular complexity index is 500. The molecule has 3 unspecified atom stereocenters. The summed E-state index contributed by atoms with van der Waals surface area (Å²) in [5.41, 5.74) is 0. The summed E-state index contributed by atoms with van der Waals surface area (Å²) in [6, 6.07) is 2.07. The minimum Gasteiger partial charge on any atom is -0.488 e. The van der Waals surface area contributed by atoms with Gasteiger partial charge in [-0.1, -0.05) is 6.92 Å². The molecule has 0 aliphatic carbocycles. The highest BCUT2D eigenvalue weighted by Crippen LogP contribution is 2.17. The average molecular weight is 316 g/mol. The van der Waals surface area contributed by atoms with Crippen molar-refractivity contribution in [1.29, 1.82) is 0 Å². The third-order valence-corrected chi connectivity index (χ3v) is 3.26. The first-order valence-corrected chi connectivity index (χ1v) is 7.09. The molecule has 5 nitrogen and oxygen atoms in total. The summed E-state index contributed by atoms with van der Waals surface area (Å²) < 4.78 is 31.3. The first-order chi connectivity index (χ1) is 10.3. The largest absolute Gasteiger partial charge is 0.488 e. The van der Waals surface area contributed by atoms with Crippen LogP contribution in [0.1, 0.15) is 20.8 Å². The van der Waals surface area contributed by atoms with Crippen LogP contribution in [0.5, 0.6) is 5.75 Å². The van der Waals surface area contributed by atoms with Crippen molar-refractivity contribution in [2.24, 2.45) is 5.92 Å². The first kappa shape index (κ1) is 18.2. The predicted molar refractivity (Wildman–Crippen MR) is 78.7 cm³/mol. The van der Waals surface area contributed by atoms with Gasteiger partial charge in [0.25, 0.3) is 0 Å². The number of ether oxygens (including phenoxy) is 1. The van der Waals surface area contributed by atoms with E-state index in [2.05, 4.69) is 10.6 Å². The van der Waals surface area contributed by atoms with Gasteiger partial charge in [0.1, 0.15) is 12.4 Å². The molecule has 0 spiro atoms. The Morgan fingerprint density at radius 3 is 2.55 bits per heavy atom. The second-order valence-electron chi connectivity index (χ2n) is 5.35. The molecule has 22 heavy (non-hydrogen) atoms. The van der Waals surface area contributed by atoms with Crippen molar-refractivity contribution >= 4 is 6.03 Å². The highest BCUT2D eigenvalue weighted by molar-refractivity contribution is 5.74. The van der Waals surface area contributed by atoms with Crippen LogP contribution in [0.15, 0.2) is 18.2 Å². The maximum atomic E-state index is 13.4. The van der Waals surface area contributed by atoms with Crippen LogP contribution in [0.25, 0.3) is 0 Å². The maximum absolute atomic E-state index is 13.4. The Hall–Kier alpha value is -1.89. The molecule has 1 rings (SSSR count). The minimum atomic E-state index is -0.790. The number of hydrogen-bond donors (Lipinski definition) is 3. The fraction of sp³-hybridized carbons (Fsp3) is 0.533. The number of urea groups is 1. The molecule has 0 aliphatic rings. The van der Waals surface area contributed by atoms with E-state index in [4.69, 9.17) is 9.84 Å². The van der Waals surface area contributed by atoms with Crippen LogP contribution in [0.3, 0.4) is 0 Å². The van der Waals surface area contributed by atoms with Crippen LogP contribution in [0.4, 0.5) is 13.6 Å². The Balaban J connectivity index is 2.39. The first-order valence-electron chi connectivity index (χ1n) is 7.09. The molecule has 124 valence electrons. The molecule has 3 N–H and O–H groups in total. The topological polar surface area (TPSA) is 70.6 Å². The zero-order valence-corrected chi connectivity index (χ0v) is 12.9. The van der Waals surface area contributed by atoms with Gasteiger partial charge in [-0.15, -0.1) is 0 Å². The molecule has 0 aliphatic heterocycles. The number of amides is 2. The second-order valence-corrected chi connectivity index (χ2v) is 5.35. The lowest BCUT2D eigenvalue weighted by Gasteiger charge is -2.21. The van der Waals surface area contributed by atoms with Crippen molar-refractivity contribution < 1.29 is 23.4 Å². The maximum Gasteiger partial charge on any atom is 0.315 e. The van der Waals surface area contributed by atoms with E-state index >= 15 is 0 Å². The van der Waals surface area contributed by atoms with Crippen molar-refractivity contribution in [3.05, 3.63) is 29.8 Å². The lowest BCUT2D eigenvalue weighted by atomic mass is 10.1. The van der Waals surface area contributed by atoms with Gasteiger partial charge in [-0.25, -0.2) is 13.6 Å². The molecule has 0 saturated carbocycles. The van der Waals surface area contributed by atoms with Gasteiger partial charge in [-0.05, 0) is 31.9 Å². The van der Waals surface area contributed by atoms with Crippen molar-refractivity contribution in [3.63, 3.8) is 0 Å². The Morgan fingerprint density at radius 2 is 1.95 bits per heavy atom. The van der Waals surface area contributed by atoms with E-state index in [9.17, 15) is 13.6 Å². The van der Waals surface area contributed by atoms with Crippen LogP contribution in [-0.4, -0.2) is 36.4 Å². The molecule has 7 heteroatoms. The molecule has 1 aromatic carbocycles. The molecule has 0 saturated heterocycles. The summed E-state index contributed by atoms with van der Waals surface area (Å²) in [6.45, 7) is 5.31.